The zero-order chi connectivity index (χ0) is 18.0. The van der Waals surface area contributed by atoms with Crippen LogP contribution in [0.4, 0.5) is 11.5 Å². The Morgan fingerprint density at radius 2 is 1.72 bits per heavy atom. The van der Waals surface area contributed by atoms with Crippen LogP contribution in [0.25, 0.3) is 10.9 Å². The molecule has 2 aromatic carbocycles. The number of nitro groups is 1. The summed E-state index contributed by atoms with van der Waals surface area (Å²) in [4.78, 5) is 13.8. The lowest BCUT2D eigenvalue weighted by Gasteiger charge is -2.10. The van der Waals surface area contributed by atoms with Gasteiger partial charge in [-0.2, -0.15) is 8.42 Å². The van der Waals surface area contributed by atoms with Crippen molar-refractivity contribution in [3.63, 3.8) is 0 Å². The van der Waals surface area contributed by atoms with Crippen LogP contribution < -0.4 is 5.73 Å². The summed E-state index contributed by atoms with van der Waals surface area (Å²) in [5.41, 5.74) is 5.67. The molecule has 0 spiro atoms. The molecule has 0 aliphatic heterocycles. The van der Waals surface area contributed by atoms with E-state index in [9.17, 15) is 18.5 Å². The summed E-state index contributed by atoms with van der Waals surface area (Å²) in [7, 11) is -4.44. The molecule has 0 aliphatic carbocycles. The third-order valence-corrected chi connectivity index (χ3v) is 4.84. The topological polar surface area (TPSA) is 125 Å². The minimum atomic E-state index is -4.44. The highest BCUT2D eigenvalue weighted by Gasteiger charge is 2.33. The molecule has 8 nitrogen and oxygen atoms in total. The van der Waals surface area contributed by atoms with Crippen molar-refractivity contribution in [3.05, 3.63) is 70.3 Å². The molecule has 0 amide bonds. The van der Waals surface area contributed by atoms with Gasteiger partial charge in [-0.3, -0.25) is 14.3 Å². The van der Waals surface area contributed by atoms with E-state index >= 15 is 0 Å². The van der Waals surface area contributed by atoms with Crippen molar-refractivity contribution in [3.8, 4) is 0 Å². The molecule has 2 N–H and O–H groups in total. The van der Waals surface area contributed by atoms with Gasteiger partial charge in [0, 0.05) is 5.39 Å². The second-order valence-electron chi connectivity index (χ2n) is 5.15. The summed E-state index contributed by atoms with van der Waals surface area (Å²) in [6, 6.07) is 14.7. The van der Waals surface area contributed by atoms with Gasteiger partial charge in [-0.05, 0) is 11.6 Å². The first kappa shape index (κ1) is 16.8. The predicted octanol–water partition coefficient (Wildman–Crippen LogP) is 2.63. The fraction of sp³-hybridized carbons (Fsp3) is 0.0625. The lowest BCUT2D eigenvalue weighted by Crippen LogP contribution is -2.12. The maximum atomic E-state index is 12.7. The highest BCUT2D eigenvalue weighted by atomic mass is 32.2. The molecule has 0 radical (unpaired) electrons. The number of nitrogens with two attached hydrogens (primary N) is 1. The van der Waals surface area contributed by atoms with Crippen molar-refractivity contribution < 1.29 is 17.5 Å². The van der Waals surface area contributed by atoms with Crippen molar-refractivity contribution >= 4 is 32.5 Å². The van der Waals surface area contributed by atoms with Gasteiger partial charge in [-0.25, -0.2) is 4.98 Å². The van der Waals surface area contributed by atoms with Crippen molar-refractivity contribution in [2.24, 2.45) is 0 Å². The average Bonchev–Trinajstić information content (AvgIpc) is 2.59. The highest BCUT2D eigenvalue weighted by Crippen LogP contribution is 2.36. The fourth-order valence-electron chi connectivity index (χ4n) is 2.40. The van der Waals surface area contributed by atoms with Gasteiger partial charge in [0.25, 0.3) is 0 Å². The van der Waals surface area contributed by atoms with E-state index < -0.39 is 31.4 Å². The lowest BCUT2D eigenvalue weighted by atomic mass is 10.2. The van der Waals surface area contributed by atoms with Crippen LogP contribution in [0.15, 0.2) is 59.5 Å². The van der Waals surface area contributed by atoms with Crippen LogP contribution in [0.5, 0.6) is 0 Å². The Hall–Kier alpha value is -3.04. The number of nitrogens with zero attached hydrogens (tertiary/aromatic N) is 2. The zero-order valence-electron chi connectivity index (χ0n) is 12.8. The number of aromatic nitrogens is 1. The first-order valence-electron chi connectivity index (χ1n) is 7.16. The number of hydrogen-bond acceptors (Lipinski definition) is 7. The number of para-hydroxylation sites is 1. The Kier molecular flexibility index (Phi) is 4.34. The van der Waals surface area contributed by atoms with Gasteiger partial charge < -0.3 is 5.73 Å². The van der Waals surface area contributed by atoms with E-state index in [2.05, 4.69) is 4.98 Å². The van der Waals surface area contributed by atoms with E-state index in [-0.39, 0.29) is 17.5 Å². The molecule has 1 heterocycles. The Labute approximate surface area is 143 Å². The molecule has 25 heavy (non-hydrogen) atoms. The summed E-state index contributed by atoms with van der Waals surface area (Å²) >= 11 is 0. The first-order valence-corrected chi connectivity index (χ1v) is 8.57. The monoisotopic (exact) mass is 359 g/mol. The number of nitrogen functional groups attached to an aromatic ring is 1. The van der Waals surface area contributed by atoms with Crippen LogP contribution in [0, 0.1) is 10.1 Å². The normalized spacial score (nSPS) is 11.5. The molecular weight excluding hydrogens is 346 g/mol. The van der Waals surface area contributed by atoms with Crippen LogP contribution in [-0.4, -0.2) is 18.3 Å². The molecule has 0 saturated heterocycles. The van der Waals surface area contributed by atoms with Crippen molar-refractivity contribution in [1.82, 2.24) is 4.98 Å². The van der Waals surface area contributed by atoms with Gasteiger partial charge in [0.15, 0.2) is 4.90 Å². The SMILES string of the molecule is Nc1nc2ccccc2c(S(=O)(=O)OCc2ccccc2)c1[N+](=O)[O-]. The van der Waals surface area contributed by atoms with Gasteiger partial charge in [0.2, 0.25) is 5.82 Å². The van der Waals surface area contributed by atoms with Crippen molar-refractivity contribution in [2.75, 3.05) is 5.73 Å². The fourth-order valence-corrected chi connectivity index (χ4v) is 3.66. The molecule has 9 heteroatoms. The van der Waals surface area contributed by atoms with E-state index in [0.29, 0.717) is 5.56 Å². The maximum Gasteiger partial charge on any atom is 0.332 e. The number of fused-ring (bicyclic) bond motifs is 1. The Bertz CT molecular complexity index is 1050. The Balaban J connectivity index is 2.15. The Morgan fingerprint density at radius 1 is 1.08 bits per heavy atom. The van der Waals surface area contributed by atoms with Gasteiger partial charge in [-0.15, -0.1) is 0 Å². The summed E-state index contributed by atoms with van der Waals surface area (Å²) < 4.78 is 30.4. The summed E-state index contributed by atoms with van der Waals surface area (Å²) in [6.45, 7) is -0.253. The minimum absolute atomic E-state index is 0.0801. The summed E-state index contributed by atoms with van der Waals surface area (Å²) in [5.74, 6) is -0.481. The first-order chi connectivity index (χ1) is 11.9. The largest absolute Gasteiger partial charge is 0.378 e. The minimum Gasteiger partial charge on any atom is -0.378 e. The number of rotatable bonds is 5. The third kappa shape index (κ3) is 3.28. The lowest BCUT2D eigenvalue weighted by molar-refractivity contribution is -0.387. The molecule has 3 aromatic rings. The van der Waals surface area contributed by atoms with E-state index in [4.69, 9.17) is 9.92 Å². The summed E-state index contributed by atoms with van der Waals surface area (Å²) in [6.07, 6.45) is 0. The number of anilines is 1. The van der Waals surface area contributed by atoms with Crippen LogP contribution in [-0.2, 0) is 20.9 Å². The molecule has 0 fully saturated rings. The van der Waals surface area contributed by atoms with Crippen LogP contribution in [0.1, 0.15) is 5.56 Å². The smallest absolute Gasteiger partial charge is 0.332 e. The quantitative estimate of drug-likeness (QED) is 0.421. The van der Waals surface area contributed by atoms with Gasteiger partial charge in [0.1, 0.15) is 0 Å². The zero-order valence-corrected chi connectivity index (χ0v) is 13.6. The van der Waals surface area contributed by atoms with Crippen molar-refractivity contribution in [2.45, 2.75) is 11.5 Å². The molecule has 0 atom stereocenters. The van der Waals surface area contributed by atoms with E-state index in [1.807, 2.05) is 0 Å². The van der Waals surface area contributed by atoms with E-state index in [1.54, 1.807) is 42.5 Å². The third-order valence-electron chi connectivity index (χ3n) is 3.50. The molecular formula is C16H13N3O5S. The predicted molar refractivity (Wildman–Crippen MR) is 91.2 cm³/mol. The molecule has 0 unspecified atom stereocenters. The Morgan fingerprint density at radius 3 is 2.40 bits per heavy atom. The van der Waals surface area contributed by atoms with Crippen molar-refractivity contribution in [1.29, 1.82) is 0 Å². The molecule has 0 aliphatic rings. The number of pyridine rings is 1. The second kappa shape index (κ2) is 6.46. The number of hydrogen-bond donors (Lipinski definition) is 1. The van der Waals surface area contributed by atoms with Crippen LogP contribution in [0.2, 0.25) is 0 Å². The molecule has 0 saturated carbocycles. The van der Waals surface area contributed by atoms with Gasteiger partial charge in [0.05, 0.1) is 17.0 Å². The second-order valence-corrected chi connectivity index (χ2v) is 6.70. The number of benzene rings is 2. The van der Waals surface area contributed by atoms with Gasteiger partial charge >= 0.3 is 15.8 Å². The van der Waals surface area contributed by atoms with Gasteiger partial charge in [-0.1, -0.05) is 48.5 Å². The molecule has 128 valence electrons. The molecule has 3 rings (SSSR count). The highest BCUT2D eigenvalue weighted by molar-refractivity contribution is 7.87. The maximum absolute atomic E-state index is 12.7. The summed E-state index contributed by atoms with van der Waals surface area (Å²) in [5, 5.41) is 11.5. The van der Waals surface area contributed by atoms with Crippen LogP contribution in [0.3, 0.4) is 0 Å². The van der Waals surface area contributed by atoms with E-state index in [1.165, 1.54) is 12.1 Å². The standard InChI is InChI=1S/C16H13N3O5S/c17-16-14(19(20)21)15(12-8-4-5-9-13(12)18-16)25(22,23)24-10-11-6-2-1-3-7-11/h1-9H,10H2,(H2,17,18). The van der Waals surface area contributed by atoms with E-state index in [0.717, 1.165) is 0 Å². The average molecular weight is 359 g/mol. The van der Waals surface area contributed by atoms with Crippen LogP contribution >= 0.6 is 0 Å². The molecule has 0 bridgehead atoms. The molecule has 1 aromatic heterocycles.